The molecule has 1 N–H and O–H groups in total. The highest BCUT2D eigenvalue weighted by Crippen LogP contribution is 2.54. The van der Waals surface area contributed by atoms with E-state index in [1.54, 1.807) is 12.1 Å². The second kappa shape index (κ2) is 11.0. The molecular formula is C42H32Br2N2O2. The van der Waals surface area contributed by atoms with Crippen LogP contribution in [0.5, 0.6) is 0 Å². The van der Waals surface area contributed by atoms with Crippen LogP contribution in [-0.2, 0) is 10.8 Å². The number of hydrogen-bond donors (Lipinski definition) is 1. The molecule has 0 aliphatic heterocycles. The zero-order chi connectivity index (χ0) is 33.5. The zero-order valence-electron chi connectivity index (χ0n) is 27.0. The molecule has 0 spiro atoms. The summed E-state index contributed by atoms with van der Waals surface area (Å²) in [5, 5.41) is 14.2. The van der Waals surface area contributed by atoms with Gasteiger partial charge in [-0.25, -0.2) is 0 Å². The first-order valence-electron chi connectivity index (χ1n) is 16.0. The lowest BCUT2D eigenvalue weighted by molar-refractivity contribution is -0.384. The van der Waals surface area contributed by atoms with Crippen LogP contribution >= 0.6 is 31.9 Å². The first kappa shape index (κ1) is 30.8. The maximum absolute atomic E-state index is 11.6. The van der Waals surface area contributed by atoms with Crippen LogP contribution in [0.4, 0.5) is 5.69 Å². The van der Waals surface area contributed by atoms with E-state index in [1.165, 1.54) is 55.2 Å². The number of fused-ring (bicyclic) bond motifs is 10. The lowest BCUT2D eigenvalue weighted by Gasteiger charge is -2.21. The first-order valence-corrected chi connectivity index (χ1v) is 17.6. The number of nitro benzene ring substituents is 1. The van der Waals surface area contributed by atoms with Crippen molar-refractivity contribution in [3.8, 4) is 33.4 Å². The Bertz CT molecular complexity index is 2470. The minimum Gasteiger partial charge on any atom is -0.354 e. The van der Waals surface area contributed by atoms with E-state index in [4.69, 9.17) is 0 Å². The average molecular weight is 757 g/mol. The summed E-state index contributed by atoms with van der Waals surface area (Å²) in [6.45, 7) is 9.07. The Hall–Kier alpha value is -4.52. The fourth-order valence-electron chi connectivity index (χ4n) is 8.02. The SMILES string of the molecule is CC1(C)c2ccccc2-c2c(-c3cc(Br)ccc3[N+](=O)[O-])cccc21.CC1(C)c2ccccc2-c2c1ccc1[nH]c3ccc(Br)cc3c21. The molecule has 2 aliphatic carbocycles. The number of nitrogens with one attached hydrogen (secondary N) is 1. The number of hydrogen-bond acceptors (Lipinski definition) is 2. The molecule has 0 radical (unpaired) electrons. The van der Waals surface area contributed by atoms with Crippen LogP contribution in [0.15, 0.2) is 124 Å². The minimum atomic E-state index is -0.312. The van der Waals surface area contributed by atoms with E-state index in [1.807, 2.05) is 30.3 Å². The summed E-state index contributed by atoms with van der Waals surface area (Å²) in [6, 6.07) is 39.4. The van der Waals surface area contributed by atoms with Crippen LogP contribution in [0.1, 0.15) is 49.9 Å². The van der Waals surface area contributed by atoms with Gasteiger partial charge in [-0.1, -0.05) is 132 Å². The molecule has 6 aromatic carbocycles. The molecular weight excluding hydrogens is 724 g/mol. The van der Waals surface area contributed by atoms with E-state index >= 15 is 0 Å². The molecule has 1 aromatic heterocycles. The fourth-order valence-corrected chi connectivity index (χ4v) is 8.74. The Labute approximate surface area is 296 Å². The summed E-state index contributed by atoms with van der Waals surface area (Å²) in [5.41, 5.74) is 14.4. The molecule has 236 valence electrons. The number of rotatable bonds is 2. The van der Waals surface area contributed by atoms with E-state index in [-0.39, 0.29) is 21.4 Å². The van der Waals surface area contributed by atoms with Crippen molar-refractivity contribution in [2.24, 2.45) is 0 Å². The molecule has 6 heteroatoms. The molecule has 0 unspecified atom stereocenters. The second-order valence-electron chi connectivity index (χ2n) is 13.7. The number of aromatic amines is 1. The molecule has 7 aromatic rings. The number of aromatic nitrogens is 1. The van der Waals surface area contributed by atoms with Crippen LogP contribution in [0.3, 0.4) is 0 Å². The van der Waals surface area contributed by atoms with Crippen molar-refractivity contribution in [2.75, 3.05) is 0 Å². The van der Waals surface area contributed by atoms with Gasteiger partial charge in [0.05, 0.1) is 10.5 Å². The third-order valence-corrected chi connectivity index (χ3v) is 11.3. The molecule has 1 heterocycles. The van der Waals surface area contributed by atoms with Crippen LogP contribution in [-0.4, -0.2) is 9.91 Å². The van der Waals surface area contributed by atoms with Gasteiger partial charge < -0.3 is 4.98 Å². The molecule has 0 bridgehead atoms. The van der Waals surface area contributed by atoms with Gasteiger partial charge in [0.25, 0.3) is 5.69 Å². The van der Waals surface area contributed by atoms with Crippen molar-refractivity contribution in [2.45, 2.75) is 38.5 Å². The summed E-state index contributed by atoms with van der Waals surface area (Å²) in [7, 11) is 0. The molecule has 48 heavy (non-hydrogen) atoms. The Morgan fingerprint density at radius 3 is 1.79 bits per heavy atom. The Morgan fingerprint density at radius 1 is 0.562 bits per heavy atom. The molecule has 9 rings (SSSR count). The van der Waals surface area contributed by atoms with Gasteiger partial charge in [0, 0.05) is 47.6 Å². The second-order valence-corrected chi connectivity index (χ2v) is 15.5. The third-order valence-electron chi connectivity index (χ3n) is 10.3. The largest absolute Gasteiger partial charge is 0.354 e. The molecule has 0 fully saturated rings. The van der Waals surface area contributed by atoms with Gasteiger partial charge in [-0.15, -0.1) is 0 Å². The van der Waals surface area contributed by atoms with Crippen molar-refractivity contribution in [1.82, 2.24) is 4.98 Å². The van der Waals surface area contributed by atoms with Gasteiger partial charge in [0.1, 0.15) is 0 Å². The predicted octanol–water partition coefficient (Wildman–Crippen LogP) is 12.7. The first-order chi connectivity index (χ1) is 23.0. The van der Waals surface area contributed by atoms with Crippen LogP contribution in [0.2, 0.25) is 0 Å². The summed E-state index contributed by atoms with van der Waals surface area (Å²) in [5.74, 6) is 0. The van der Waals surface area contributed by atoms with Crippen LogP contribution in [0.25, 0.3) is 55.2 Å². The smallest absolute Gasteiger partial charge is 0.277 e. The van der Waals surface area contributed by atoms with Gasteiger partial charge in [-0.05, 0) is 86.5 Å². The lowest BCUT2D eigenvalue weighted by Crippen LogP contribution is -2.14. The Balaban J connectivity index is 0.000000140. The Kier molecular flexibility index (Phi) is 7.06. The van der Waals surface area contributed by atoms with E-state index in [0.717, 1.165) is 25.6 Å². The van der Waals surface area contributed by atoms with E-state index in [2.05, 4.69) is 137 Å². The van der Waals surface area contributed by atoms with Gasteiger partial charge in [-0.2, -0.15) is 0 Å². The van der Waals surface area contributed by atoms with Gasteiger partial charge in [0.15, 0.2) is 0 Å². The summed E-state index contributed by atoms with van der Waals surface area (Å²) in [6.07, 6.45) is 0. The third kappa shape index (κ3) is 4.53. The molecule has 4 nitrogen and oxygen atoms in total. The topological polar surface area (TPSA) is 58.9 Å². The van der Waals surface area contributed by atoms with Crippen molar-refractivity contribution in [1.29, 1.82) is 0 Å². The quantitative estimate of drug-likeness (QED) is 0.141. The zero-order valence-corrected chi connectivity index (χ0v) is 30.2. The van der Waals surface area contributed by atoms with Crippen molar-refractivity contribution < 1.29 is 4.92 Å². The Morgan fingerprint density at radius 2 is 1.10 bits per heavy atom. The highest BCUT2D eigenvalue weighted by atomic mass is 79.9. The van der Waals surface area contributed by atoms with Crippen molar-refractivity contribution in [3.05, 3.63) is 157 Å². The molecule has 0 saturated carbocycles. The summed E-state index contributed by atoms with van der Waals surface area (Å²) < 4.78 is 1.95. The van der Waals surface area contributed by atoms with Crippen LogP contribution < -0.4 is 0 Å². The van der Waals surface area contributed by atoms with Gasteiger partial charge >= 0.3 is 0 Å². The molecule has 2 aliphatic rings. The highest BCUT2D eigenvalue weighted by Gasteiger charge is 2.38. The lowest BCUT2D eigenvalue weighted by atomic mass is 9.82. The predicted molar refractivity (Wildman–Crippen MR) is 205 cm³/mol. The number of H-pyrrole nitrogens is 1. The molecule has 0 saturated heterocycles. The summed E-state index contributed by atoms with van der Waals surface area (Å²) >= 11 is 7.08. The van der Waals surface area contributed by atoms with Crippen LogP contribution in [0, 0.1) is 10.1 Å². The van der Waals surface area contributed by atoms with E-state index in [9.17, 15) is 10.1 Å². The number of nitrogens with zero attached hydrogens (tertiary/aromatic N) is 1. The van der Waals surface area contributed by atoms with Crippen molar-refractivity contribution >= 4 is 59.4 Å². The van der Waals surface area contributed by atoms with Gasteiger partial charge in [0.2, 0.25) is 0 Å². The maximum atomic E-state index is 11.6. The minimum absolute atomic E-state index is 0.0513. The highest BCUT2D eigenvalue weighted by molar-refractivity contribution is 9.10. The number of nitro groups is 1. The average Bonchev–Trinajstić information content (AvgIpc) is 3.64. The monoisotopic (exact) mass is 754 g/mol. The molecule has 0 amide bonds. The summed E-state index contributed by atoms with van der Waals surface area (Å²) in [4.78, 5) is 14.8. The molecule has 0 atom stereocenters. The van der Waals surface area contributed by atoms with E-state index in [0.29, 0.717) is 5.56 Å². The standard InChI is InChI=1S/C21H16BrNO2.C21H16BrN/c1-21(2)17-8-4-3-6-15(17)20-14(7-5-9-18(20)21)16-12-13(22)10-11-19(16)23(24)25;1-21(2)15-6-4-3-5-13(15)19-16(21)8-10-18-20(19)14-11-12(22)7-9-17(14)23-18/h3-12H,1-2H3;3-11,23H,1-2H3. The van der Waals surface area contributed by atoms with Gasteiger partial charge in [-0.3, -0.25) is 10.1 Å². The number of halogens is 2. The normalized spacial score (nSPS) is 14.5. The van der Waals surface area contributed by atoms with E-state index < -0.39 is 0 Å². The number of benzene rings is 6. The van der Waals surface area contributed by atoms with Crippen molar-refractivity contribution in [3.63, 3.8) is 0 Å². The maximum Gasteiger partial charge on any atom is 0.277 e. The fraction of sp³-hybridized carbons (Fsp3) is 0.143.